The van der Waals surface area contributed by atoms with E-state index in [1.165, 1.54) is 0 Å². The normalized spacial score (nSPS) is 22.4. The number of rotatable bonds is 5. The van der Waals surface area contributed by atoms with Crippen molar-refractivity contribution < 1.29 is 14.3 Å². The van der Waals surface area contributed by atoms with Gasteiger partial charge in [0, 0.05) is 31.1 Å². The van der Waals surface area contributed by atoms with Crippen LogP contribution in [0.25, 0.3) is 5.82 Å². The van der Waals surface area contributed by atoms with Crippen LogP contribution in [0.2, 0.25) is 0 Å². The number of pyridine rings is 1. The zero-order chi connectivity index (χ0) is 23.5. The molecule has 0 unspecified atom stereocenters. The molecule has 8 nitrogen and oxygen atoms in total. The molecule has 0 aliphatic carbocycles. The van der Waals surface area contributed by atoms with Crippen molar-refractivity contribution in [1.82, 2.24) is 25.0 Å². The molecular weight excluding hydrogens is 430 g/mol. The molecule has 0 spiro atoms. The zero-order valence-corrected chi connectivity index (χ0v) is 19.3. The molecule has 5 rings (SSSR count). The summed E-state index contributed by atoms with van der Waals surface area (Å²) in [7, 11) is 1.65. The fourth-order valence-corrected chi connectivity index (χ4v) is 5.18. The van der Waals surface area contributed by atoms with Gasteiger partial charge < -0.3 is 15.0 Å². The van der Waals surface area contributed by atoms with E-state index in [-0.39, 0.29) is 29.9 Å². The second-order valence-electron chi connectivity index (χ2n) is 9.00. The first-order valence-electron chi connectivity index (χ1n) is 11.8. The average Bonchev–Trinajstić information content (AvgIpc) is 3.49. The van der Waals surface area contributed by atoms with Gasteiger partial charge in [-0.25, -0.2) is 9.67 Å². The van der Waals surface area contributed by atoms with Gasteiger partial charge in [-0.3, -0.25) is 9.59 Å². The van der Waals surface area contributed by atoms with Gasteiger partial charge in [0.2, 0.25) is 5.91 Å². The molecule has 0 radical (unpaired) electrons. The van der Waals surface area contributed by atoms with Crippen LogP contribution in [0.5, 0.6) is 5.75 Å². The quantitative estimate of drug-likeness (QED) is 0.633. The molecule has 2 aliphatic rings. The molecule has 2 fully saturated rings. The molecule has 1 aromatic carbocycles. The van der Waals surface area contributed by atoms with E-state index in [2.05, 4.69) is 15.4 Å². The lowest BCUT2D eigenvalue weighted by Crippen LogP contribution is -2.49. The maximum absolute atomic E-state index is 13.8. The standard InChI is InChI=1S/C26H29N5O3/c1-34-21-10-7-18(8-11-21)15-20-16-22-23(5-2-3-6-25(32)29-22)31(20)26(33)19-9-12-24(27-17-19)30-14-4-13-28-30/h4,7-14,17,20,22-23H,2-3,5-6,15-16H2,1H3,(H,29,32)/t20-,22+,23-/m1/s1. The maximum atomic E-state index is 13.8. The van der Waals surface area contributed by atoms with Crippen LogP contribution < -0.4 is 10.1 Å². The Morgan fingerprint density at radius 1 is 1.18 bits per heavy atom. The number of nitrogens with zero attached hydrogens (tertiary/aromatic N) is 4. The van der Waals surface area contributed by atoms with Gasteiger partial charge >= 0.3 is 0 Å². The third-order valence-corrected chi connectivity index (χ3v) is 6.84. The second kappa shape index (κ2) is 9.67. The summed E-state index contributed by atoms with van der Waals surface area (Å²) in [6.45, 7) is 0. The van der Waals surface area contributed by atoms with E-state index in [1.54, 1.807) is 24.2 Å². The number of carbonyl (C=O) groups is 2. The Labute approximate surface area is 198 Å². The number of ether oxygens (including phenoxy) is 1. The van der Waals surface area contributed by atoms with Crippen molar-refractivity contribution >= 4 is 11.8 Å². The van der Waals surface area contributed by atoms with Crippen LogP contribution in [0.1, 0.15) is 48.0 Å². The highest BCUT2D eigenvalue weighted by atomic mass is 16.5. The summed E-state index contributed by atoms with van der Waals surface area (Å²) < 4.78 is 6.95. The largest absolute Gasteiger partial charge is 0.497 e. The lowest BCUT2D eigenvalue weighted by Gasteiger charge is -2.33. The summed E-state index contributed by atoms with van der Waals surface area (Å²) >= 11 is 0. The molecule has 176 valence electrons. The minimum Gasteiger partial charge on any atom is -0.497 e. The van der Waals surface area contributed by atoms with Gasteiger partial charge in [-0.2, -0.15) is 5.10 Å². The second-order valence-corrected chi connectivity index (χ2v) is 9.00. The number of methoxy groups -OCH3 is 1. The molecule has 8 heteroatoms. The van der Waals surface area contributed by atoms with Crippen LogP contribution in [0.3, 0.4) is 0 Å². The highest BCUT2D eigenvalue weighted by Gasteiger charge is 2.44. The lowest BCUT2D eigenvalue weighted by atomic mass is 9.97. The van der Waals surface area contributed by atoms with Crippen molar-refractivity contribution in [1.29, 1.82) is 0 Å². The number of hydrogen-bond acceptors (Lipinski definition) is 5. The van der Waals surface area contributed by atoms with Crippen LogP contribution in [-0.4, -0.2) is 56.7 Å². The summed E-state index contributed by atoms with van der Waals surface area (Å²) in [5.74, 6) is 1.51. The Balaban J connectivity index is 1.43. The van der Waals surface area contributed by atoms with Crippen molar-refractivity contribution in [2.75, 3.05) is 7.11 Å². The molecule has 3 aromatic rings. The number of likely N-dealkylation sites (tertiary alicyclic amines) is 1. The lowest BCUT2D eigenvalue weighted by molar-refractivity contribution is -0.122. The number of nitrogens with one attached hydrogen (secondary N) is 1. The number of amides is 2. The molecule has 2 saturated heterocycles. The first kappa shape index (κ1) is 22.1. The zero-order valence-electron chi connectivity index (χ0n) is 19.3. The fourth-order valence-electron chi connectivity index (χ4n) is 5.18. The van der Waals surface area contributed by atoms with Crippen molar-refractivity contribution in [3.8, 4) is 11.6 Å². The predicted molar refractivity (Wildman–Crippen MR) is 127 cm³/mol. The third-order valence-electron chi connectivity index (χ3n) is 6.84. The third kappa shape index (κ3) is 4.53. The van der Waals surface area contributed by atoms with Gasteiger partial charge in [0.05, 0.1) is 24.8 Å². The number of hydrogen-bond donors (Lipinski definition) is 1. The molecule has 34 heavy (non-hydrogen) atoms. The van der Waals surface area contributed by atoms with Gasteiger partial charge in [-0.15, -0.1) is 0 Å². The number of fused-ring (bicyclic) bond motifs is 1. The number of aromatic nitrogens is 3. The average molecular weight is 460 g/mol. The first-order chi connectivity index (χ1) is 16.6. The Hall–Kier alpha value is -3.68. The summed E-state index contributed by atoms with van der Waals surface area (Å²) in [5, 5.41) is 7.40. The van der Waals surface area contributed by atoms with Crippen molar-refractivity contribution in [2.45, 2.75) is 56.7 Å². The Bertz CT molecular complexity index is 1130. The molecule has 0 bridgehead atoms. The molecule has 2 amide bonds. The van der Waals surface area contributed by atoms with Crippen LogP contribution >= 0.6 is 0 Å². The van der Waals surface area contributed by atoms with Crippen LogP contribution in [0, 0.1) is 0 Å². The van der Waals surface area contributed by atoms with E-state index in [1.807, 2.05) is 53.6 Å². The summed E-state index contributed by atoms with van der Waals surface area (Å²) in [5.41, 5.74) is 1.68. The molecule has 2 aromatic heterocycles. The van der Waals surface area contributed by atoms with E-state index in [0.717, 1.165) is 43.4 Å². The minimum absolute atomic E-state index is 0.0138. The SMILES string of the molecule is COc1ccc(C[C@@H]2C[C@@H]3NC(=O)CCCC[C@H]3N2C(=O)c2ccc(-n3cccn3)nc2)cc1. The maximum Gasteiger partial charge on any atom is 0.256 e. The van der Waals surface area contributed by atoms with Crippen LogP contribution in [-0.2, 0) is 11.2 Å². The first-order valence-corrected chi connectivity index (χ1v) is 11.8. The smallest absolute Gasteiger partial charge is 0.256 e. The molecule has 1 N–H and O–H groups in total. The van der Waals surface area contributed by atoms with Crippen LogP contribution in [0.15, 0.2) is 61.1 Å². The Kier molecular flexibility index (Phi) is 6.29. The van der Waals surface area contributed by atoms with E-state index in [0.29, 0.717) is 17.8 Å². The number of benzene rings is 1. The molecular formula is C26H29N5O3. The van der Waals surface area contributed by atoms with Crippen molar-refractivity contribution in [3.63, 3.8) is 0 Å². The van der Waals surface area contributed by atoms with Gasteiger partial charge in [-0.1, -0.05) is 18.6 Å². The van der Waals surface area contributed by atoms with E-state index in [4.69, 9.17) is 4.74 Å². The summed E-state index contributed by atoms with van der Waals surface area (Å²) in [6.07, 6.45) is 9.82. The van der Waals surface area contributed by atoms with Gasteiger partial charge in [0.15, 0.2) is 5.82 Å². The predicted octanol–water partition coefficient (Wildman–Crippen LogP) is 3.16. The molecule has 3 atom stereocenters. The van der Waals surface area contributed by atoms with Crippen molar-refractivity contribution in [2.24, 2.45) is 0 Å². The van der Waals surface area contributed by atoms with E-state index >= 15 is 0 Å². The Morgan fingerprint density at radius 2 is 2.03 bits per heavy atom. The summed E-state index contributed by atoms with van der Waals surface area (Å²) in [6, 6.07) is 13.4. The fraction of sp³-hybridized carbons (Fsp3) is 0.385. The van der Waals surface area contributed by atoms with E-state index in [9.17, 15) is 9.59 Å². The monoisotopic (exact) mass is 459 g/mol. The molecule has 4 heterocycles. The van der Waals surface area contributed by atoms with Crippen LogP contribution in [0.4, 0.5) is 0 Å². The summed E-state index contributed by atoms with van der Waals surface area (Å²) in [4.78, 5) is 32.6. The Morgan fingerprint density at radius 3 is 2.74 bits per heavy atom. The highest BCUT2D eigenvalue weighted by Crippen LogP contribution is 2.33. The topological polar surface area (TPSA) is 89.4 Å². The minimum atomic E-state index is -0.0413. The van der Waals surface area contributed by atoms with Gasteiger partial charge in [-0.05, 0) is 61.6 Å². The van der Waals surface area contributed by atoms with Gasteiger partial charge in [0.1, 0.15) is 5.75 Å². The molecule has 0 saturated carbocycles. The molecule has 2 aliphatic heterocycles. The number of carbonyl (C=O) groups excluding carboxylic acids is 2. The van der Waals surface area contributed by atoms with Gasteiger partial charge in [0.25, 0.3) is 5.91 Å². The van der Waals surface area contributed by atoms with Crippen molar-refractivity contribution in [3.05, 3.63) is 72.2 Å². The van der Waals surface area contributed by atoms with E-state index < -0.39 is 0 Å². The highest BCUT2D eigenvalue weighted by molar-refractivity contribution is 5.95.